The van der Waals surface area contributed by atoms with Crippen molar-refractivity contribution in [2.24, 2.45) is 5.92 Å². The predicted octanol–water partition coefficient (Wildman–Crippen LogP) is 2.05. The SMILES string of the molecule is CC1CCC(Nc2nc(N(C)C)c3c(n2)=CCC=CC=3)CC1. The van der Waals surface area contributed by atoms with Crippen LogP contribution in [-0.4, -0.2) is 30.1 Å². The zero-order valence-electron chi connectivity index (χ0n) is 13.8. The minimum atomic E-state index is 0.511. The summed E-state index contributed by atoms with van der Waals surface area (Å²) in [4.78, 5) is 11.6. The highest BCUT2D eigenvalue weighted by molar-refractivity contribution is 5.54. The molecule has 1 aromatic rings. The van der Waals surface area contributed by atoms with Crippen molar-refractivity contribution in [3.63, 3.8) is 0 Å². The molecule has 3 rings (SSSR count). The maximum atomic E-state index is 4.76. The molecule has 1 N–H and O–H groups in total. The summed E-state index contributed by atoms with van der Waals surface area (Å²) >= 11 is 0. The Bertz CT molecular complexity index is 667. The lowest BCUT2D eigenvalue weighted by molar-refractivity contribution is 0.360. The van der Waals surface area contributed by atoms with E-state index in [1.165, 1.54) is 25.7 Å². The van der Waals surface area contributed by atoms with Crippen LogP contribution < -0.4 is 20.8 Å². The summed E-state index contributed by atoms with van der Waals surface area (Å²) < 4.78 is 0. The van der Waals surface area contributed by atoms with Gasteiger partial charge in [-0.25, -0.2) is 4.98 Å². The Labute approximate surface area is 132 Å². The number of hydrogen-bond donors (Lipinski definition) is 1. The molecule has 4 heteroatoms. The molecule has 0 spiro atoms. The van der Waals surface area contributed by atoms with Crippen LogP contribution in [0.2, 0.25) is 0 Å². The maximum absolute atomic E-state index is 4.76. The molecular weight excluding hydrogens is 272 g/mol. The summed E-state index contributed by atoms with van der Waals surface area (Å²) in [5, 5.41) is 5.71. The normalized spacial score (nSPS) is 23.8. The first-order chi connectivity index (χ1) is 10.6. The molecule has 0 radical (unpaired) electrons. The molecule has 1 aromatic heterocycles. The fourth-order valence-corrected chi connectivity index (χ4v) is 3.20. The lowest BCUT2D eigenvalue weighted by Gasteiger charge is -2.27. The molecule has 118 valence electrons. The molecule has 0 amide bonds. The van der Waals surface area contributed by atoms with Gasteiger partial charge in [-0.05, 0) is 44.1 Å². The third-order valence-electron chi connectivity index (χ3n) is 4.57. The fourth-order valence-electron chi connectivity index (χ4n) is 3.20. The van der Waals surface area contributed by atoms with Crippen LogP contribution in [-0.2, 0) is 0 Å². The number of anilines is 2. The molecule has 0 aromatic carbocycles. The zero-order valence-corrected chi connectivity index (χ0v) is 13.8. The Morgan fingerprint density at radius 1 is 1.14 bits per heavy atom. The summed E-state index contributed by atoms with van der Waals surface area (Å²) in [6.07, 6.45) is 14.5. The van der Waals surface area contributed by atoms with Crippen molar-refractivity contribution in [3.05, 3.63) is 22.7 Å². The topological polar surface area (TPSA) is 41.1 Å². The molecule has 0 unspecified atom stereocenters. The monoisotopic (exact) mass is 298 g/mol. The number of nitrogens with zero attached hydrogens (tertiary/aromatic N) is 3. The van der Waals surface area contributed by atoms with Crippen LogP contribution in [0, 0.1) is 5.92 Å². The summed E-state index contributed by atoms with van der Waals surface area (Å²) in [7, 11) is 4.08. The van der Waals surface area contributed by atoms with E-state index < -0.39 is 0 Å². The summed E-state index contributed by atoms with van der Waals surface area (Å²) in [5.41, 5.74) is 0. The minimum absolute atomic E-state index is 0.511. The number of allylic oxidation sites excluding steroid dienone is 2. The quantitative estimate of drug-likeness (QED) is 0.927. The first-order valence-electron chi connectivity index (χ1n) is 8.32. The van der Waals surface area contributed by atoms with Crippen molar-refractivity contribution < 1.29 is 0 Å². The molecule has 0 bridgehead atoms. The van der Waals surface area contributed by atoms with Gasteiger partial charge in [-0.1, -0.05) is 25.2 Å². The van der Waals surface area contributed by atoms with E-state index in [0.717, 1.165) is 34.7 Å². The van der Waals surface area contributed by atoms with Crippen molar-refractivity contribution in [2.45, 2.75) is 45.1 Å². The molecule has 4 nitrogen and oxygen atoms in total. The second-order valence-electron chi connectivity index (χ2n) is 6.70. The van der Waals surface area contributed by atoms with Gasteiger partial charge in [0.2, 0.25) is 5.95 Å². The van der Waals surface area contributed by atoms with E-state index in [4.69, 9.17) is 9.97 Å². The van der Waals surface area contributed by atoms with E-state index in [1.54, 1.807) is 0 Å². The number of hydrogen-bond acceptors (Lipinski definition) is 4. The molecule has 1 fully saturated rings. The first kappa shape index (κ1) is 15.1. The van der Waals surface area contributed by atoms with Gasteiger partial charge in [-0.15, -0.1) is 0 Å². The Morgan fingerprint density at radius 3 is 2.64 bits per heavy atom. The van der Waals surface area contributed by atoms with Gasteiger partial charge in [-0.2, -0.15) is 4.98 Å². The molecule has 1 saturated carbocycles. The van der Waals surface area contributed by atoms with Gasteiger partial charge in [0.05, 0.1) is 5.35 Å². The lowest BCUT2D eigenvalue weighted by Crippen LogP contribution is -2.37. The Hall–Kier alpha value is -1.84. The van der Waals surface area contributed by atoms with Gasteiger partial charge in [0, 0.05) is 25.4 Å². The average Bonchev–Trinajstić information content (AvgIpc) is 2.74. The zero-order chi connectivity index (χ0) is 15.5. The standard InChI is InChI=1S/C18H26N4/c1-13-9-11-14(12-10-13)19-18-20-16-8-6-4-5-7-15(16)17(21-18)22(2)3/h4-5,7-8,13-14H,6,9-12H2,1-3H3,(H,19,20). The molecule has 2 aliphatic rings. The second kappa shape index (κ2) is 6.51. The largest absolute Gasteiger partial charge is 0.362 e. The van der Waals surface area contributed by atoms with E-state index in [9.17, 15) is 0 Å². The Morgan fingerprint density at radius 2 is 1.91 bits per heavy atom. The lowest BCUT2D eigenvalue weighted by atomic mass is 9.87. The second-order valence-corrected chi connectivity index (χ2v) is 6.70. The molecule has 2 aliphatic carbocycles. The van der Waals surface area contributed by atoms with Gasteiger partial charge in [-0.3, -0.25) is 0 Å². The van der Waals surface area contributed by atoms with Crippen LogP contribution in [0.1, 0.15) is 39.0 Å². The number of nitrogens with one attached hydrogen (secondary N) is 1. The van der Waals surface area contributed by atoms with Crippen molar-refractivity contribution in [3.8, 4) is 0 Å². The van der Waals surface area contributed by atoms with Gasteiger partial charge in [0.25, 0.3) is 0 Å². The van der Waals surface area contributed by atoms with Gasteiger partial charge < -0.3 is 10.2 Å². The molecule has 1 heterocycles. The van der Waals surface area contributed by atoms with E-state index in [2.05, 4.69) is 41.4 Å². The average molecular weight is 298 g/mol. The Kier molecular flexibility index (Phi) is 4.46. The van der Waals surface area contributed by atoms with Crippen LogP contribution >= 0.6 is 0 Å². The third kappa shape index (κ3) is 3.32. The van der Waals surface area contributed by atoms with Crippen molar-refractivity contribution >= 4 is 23.9 Å². The van der Waals surface area contributed by atoms with Crippen LogP contribution in [0.15, 0.2) is 12.2 Å². The summed E-state index contributed by atoms with van der Waals surface area (Å²) in [5.74, 6) is 2.62. The maximum Gasteiger partial charge on any atom is 0.225 e. The number of rotatable bonds is 3. The van der Waals surface area contributed by atoms with E-state index in [0.29, 0.717) is 6.04 Å². The van der Waals surface area contributed by atoms with E-state index in [-0.39, 0.29) is 0 Å². The van der Waals surface area contributed by atoms with Gasteiger partial charge in [0.1, 0.15) is 5.82 Å². The number of aromatic nitrogens is 2. The molecular formula is C18H26N4. The molecule has 0 saturated heterocycles. The summed E-state index contributed by atoms with van der Waals surface area (Å²) in [6, 6.07) is 0.511. The Balaban J connectivity index is 1.92. The van der Waals surface area contributed by atoms with Crippen LogP contribution in [0.5, 0.6) is 0 Å². The smallest absolute Gasteiger partial charge is 0.225 e. The highest BCUT2D eigenvalue weighted by atomic mass is 15.2. The first-order valence-corrected chi connectivity index (χ1v) is 8.32. The highest BCUT2D eigenvalue weighted by Gasteiger charge is 2.19. The van der Waals surface area contributed by atoms with Crippen molar-refractivity contribution in [1.82, 2.24) is 9.97 Å². The predicted molar refractivity (Wildman–Crippen MR) is 93.3 cm³/mol. The van der Waals surface area contributed by atoms with Gasteiger partial charge >= 0.3 is 0 Å². The van der Waals surface area contributed by atoms with Crippen molar-refractivity contribution in [1.29, 1.82) is 0 Å². The van der Waals surface area contributed by atoms with Crippen LogP contribution in [0.25, 0.3) is 12.2 Å². The van der Waals surface area contributed by atoms with Gasteiger partial charge in [0.15, 0.2) is 0 Å². The van der Waals surface area contributed by atoms with Crippen LogP contribution in [0.4, 0.5) is 11.8 Å². The summed E-state index contributed by atoms with van der Waals surface area (Å²) in [6.45, 7) is 2.34. The fraction of sp³-hybridized carbons (Fsp3) is 0.556. The number of fused-ring (bicyclic) bond motifs is 1. The molecule has 0 aliphatic heterocycles. The third-order valence-corrected chi connectivity index (χ3v) is 4.57. The van der Waals surface area contributed by atoms with Crippen molar-refractivity contribution in [2.75, 3.05) is 24.3 Å². The van der Waals surface area contributed by atoms with Crippen LogP contribution in [0.3, 0.4) is 0 Å². The molecule has 0 atom stereocenters. The van der Waals surface area contributed by atoms with E-state index in [1.807, 2.05) is 14.1 Å². The molecule has 22 heavy (non-hydrogen) atoms. The minimum Gasteiger partial charge on any atom is -0.362 e. The van der Waals surface area contributed by atoms with E-state index >= 15 is 0 Å². The highest BCUT2D eigenvalue weighted by Crippen LogP contribution is 2.25.